The first-order valence-corrected chi connectivity index (χ1v) is 7.03. The fourth-order valence-corrected chi connectivity index (χ4v) is 2.27. The van der Waals surface area contributed by atoms with Crippen LogP contribution in [-0.4, -0.2) is 34.8 Å². The lowest BCUT2D eigenvalue weighted by atomic mass is 10.2. The number of benzene rings is 1. The second kappa shape index (κ2) is 7.08. The van der Waals surface area contributed by atoms with Crippen LogP contribution in [0.25, 0.3) is 0 Å². The van der Waals surface area contributed by atoms with Crippen LogP contribution >= 0.6 is 11.6 Å². The molecule has 1 aromatic heterocycles. The molecule has 2 rings (SSSR count). The number of hydrogen-bond acceptors (Lipinski definition) is 4. The summed E-state index contributed by atoms with van der Waals surface area (Å²) in [6.45, 7) is 0.674. The lowest BCUT2D eigenvalue weighted by Gasteiger charge is -2.15. The number of halogens is 1. The van der Waals surface area contributed by atoms with Gasteiger partial charge in [0.15, 0.2) is 0 Å². The SMILES string of the molecule is CN(C)c1ccc(NC(=O)CCCn2cncn2)cc1Cl. The molecule has 0 saturated heterocycles. The normalized spacial score (nSPS) is 10.4. The topological polar surface area (TPSA) is 63.1 Å². The molecule has 0 bridgehead atoms. The molecule has 0 aliphatic carbocycles. The van der Waals surface area contributed by atoms with Crippen LogP contribution in [0.2, 0.25) is 5.02 Å². The fourth-order valence-electron chi connectivity index (χ4n) is 1.92. The van der Waals surface area contributed by atoms with Crippen molar-refractivity contribution < 1.29 is 4.79 Å². The molecule has 2 aromatic rings. The molecule has 1 N–H and O–H groups in total. The molecule has 0 radical (unpaired) electrons. The van der Waals surface area contributed by atoms with E-state index in [1.165, 1.54) is 6.33 Å². The summed E-state index contributed by atoms with van der Waals surface area (Å²) in [4.78, 5) is 17.6. The van der Waals surface area contributed by atoms with Gasteiger partial charge in [0, 0.05) is 32.7 Å². The minimum Gasteiger partial charge on any atom is -0.376 e. The molecule has 0 atom stereocenters. The van der Waals surface area contributed by atoms with Gasteiger partial charge < -0.3 is 10.2 Å². The minimum atomic E-state index is -0.0382. The zero-order chi connectivity index (χ0) is 15.2. The Morgan fingerprint density at radius 3 is 2.86 bits per heavy atom. The first-order chi connectivity index (χ1) is 10.1. The molecule has 0 fully saturated rings. The third kappa shape index (κ3) is 4.46. The van der Waals surface area contributed by atoms with Crippen LogP contribution in [0, 0.1) is 0 Å². The van der Waals surface area contributed by atoms with Gasteiger partial charge in [-0.1, -0.05) is 11.6 Å². The Bertz CT molecular complexity index is 597. The number of nitrogens with zero attached hydrogens (tertiary/aromatic N) is 4. The Kier molecular flexibility index (Phi) is 5.16. The molecule has 112 valence electrons. The number of rotatable bonds is 6. The average Bonchev–Trinajstić information content (AvgIpc) is 2.91. The third-order valence-corrected chi connectivity index (χ3v) is 3.27. The highest BCUT2D eigenvalue weighted by Gasteiger charge is 2.07. The third-order valence-electron chi connectivity index (χ3n) is 2.97. The van der Waals surface area contributed by atoms with E-state index in [4.69, 9.17) is 11.6 Å². The van der Waals surface area contributed by atoms with E-state index in [0.717, 1.165) is 5.69 Å². The summed E-state index contributed by atoms with van der Waals surface area (Å²) in [7, 11) is 3.84. The molecule has 0 aliphatic heterocycles. The second-order valence-corrected chi connectivity index (χ2v) is 5.28. The van der Waals surface area contributed by atoms with E-state index in [-0.39, 0.29) is 5.91 Å². The molecule has 1 aromatic carbocycles. The van der Waals surface area contributed by atoms with Crippen molar-refractivity contribution in [2.24, 2.45) is 0 Å². The van der Waals surface area contributed by atoms with Crippen LogP contribution in [0.3, 0.4) is 0 Å². The standard InChI is InChI=1S/C14H18ClN5O/c1-19(2)13-6-5-11(8-12(13)15)18-14(21)4-3-7-20-10-16-9-17-20/h5-6,8-10H,3-4,7H2,1-2H3,(H,18,21). The Labute approximate surface area is 128 Å². The summed E-state index contributed by atoms with van der Waals surface area (Å²) in [5, 5.41) is 7.44. The summed E-state index contributed by atoms with van der Waals surface area (Å²) in [5.41, 5.74) is 1.62. The largest absolute Gasteiger partial charge is 0.376 e. The summed E-state index contributed by atoms with van der Waals surface area (Å²) in [6, 6.07) is 5.48. The molecule has 1 amide bonds. The first kappa shape index (κ1) is 15.3. The highest BCUT2D eigenvalue weighted by Crippen LogP contribution is 2.27. The lowest BCUT2D eigenvalue weighted by molar-refractivity contribution is -0.116. The molecule has 0 saturated carbocycles. The van der Waals surface area contributed by atoms with E-state index < -0.39 is 0 Å². The first-order valence-electron chi connectivity index (χ1n) is 6.65. The summed E-state index contributed by atoms with van der Waals surface area (Å²) in [5.74, 6) is -0.0382. The van der Waals surface area contributed by atoms with Crippen LogP contribution in [0.5, 0.6) is 0 Å². The molecule has 7 heteroatoms. The van der Waals surface area contributed by atoms with Crippen molar-refractivity contribution in [1.29, 1.82) is 0 Å². The van der Waals surface area contributed by atoms with Crippen molar-refractivity contribution in [1.82, 2.24) is 14.8 Å². The zero-order valence-electron chi connectivity index (χ0n) is 12.1. The van der Waals surface area contributed by atoms with E-state index in [2.05, 4.69) is 15.4 Å². The van der Waals surface area contributed by atoms with Crippen molar-refractivity contribution in [3.8, 4) is 0 Å². The van der Waals surface area contributed by atoms with Gasteiger partial charge in [-0.2, -0.15) is 5.10 Å². The summed E-state index contributed by atoms with van der Waals surface area (Å²) < 4.78 is 1.70. The molecule has 0 spiro atoms. The quantitative estimate of drug-likeness (QED) is 0.890. The number of nitrogens with one attached hydrogen (secondary N) is 1. The number of anilines is 2. The predicted octanol–water partition coefficient (Wildman–Crippen LogP) is 2.42. The molecular weight excluding hydrogens is 290 g/mol. The van der Waals surface area contributed by atoms with Crippen LogP contribution < -0.4 is 10.2 Å². The highest BCUT2D eigenvalue weighted by molar-refractivity contribution is 6.33. The van der Waals surface area contributed by atoms with E-state index in [1.54, 1.807) is 17.1 Å². The van der Waals surface area contributed by atoms with Crippen molar-refractivity contribution in [2.45, 2.75) is 19.4 Å². The number of carbonyl (C=O) groups is 1. The van der Waals surface area contributed by atoms with Gasteiger partial charge in [0.1, 0.15) is 12.7 Å². The lowest BCUT2D eigenvalue weighted by Crippen LogP contribution is -2.13. The smallest absolute Gasteiger partial charge is 0.224 e. The van der Waals surface area contributed by atoms with E-state index in [0.29, 0.717) is 30.1 Å². The maximum atomic E-state index is 11.9. The van der Waals surface area contributed by atoms with Crippen LogP contribution in [0.15, 0.2) is 30.9 Å². The molecule has 0 unspecified atom stereocenters. The number of amides is 1. The van der Waals surface area contributed by atoms with Gasteiger partial charge in [0.2, 0.25) is 5.91 Å². The van der Waals surface area contributed by atoms with Gasteiger partial charge in [-0.05, 0) is 24.6 Å². The minimum absolute atomic E-state index is 0.0382. The summed E-state index contributed by atoms with van der Waals surface area (Å²) >= 11 is 6.17. The zero-order valence-corrected chi connectivity index (χ0v) is 12.8. The molecule has 0 aliphatic rings. The van der Waals surface area contributed by atoms with Crippen molar-refractivity contribution in [3.05, 3.63) is 35.9 Å². The second-order valence-electron chi connectivity index (χ2n) is 4.87. The maximum absolute atomic E-state index is 11.9. The molecule has 6 nitrogen and oxygen atoms in total. The van der Waals surface area contributed by atoms with Gasteiger partial charge in [-0.25, -0.2) is 4.98 Å². The number of aryl methyl sites for hydroxylation is 1. The summed E-state index contributed by atoms with van der Waals surface area (Å²) in [6.07, 6.45) is 4.25. The molecule has 1 heterocycles. The number of carbonyl (C=O) groups excluding carboxylic acids is 1. The van der Waals surface area contributed by atoms with Gasteiger partial charge in [0.05, 0.1) is 10.7 Å². The van der Waals surface area contributed by atoms with E-state index >= 15 is 0 Å². The van der Waals surface area contributed by atoms with E-state index in [9.17, 15) is 4.79 Å². The van der Waals surface area contributed by atoms with Crippen LogP contribution in [0.1, 0.15) is 12.8 Å². The maximum Gasteiger partial charge on any atom is 0.224 e. The predicted molar refractivity (Wildman–Crippen MR) is 83.7 cm³/mol. The fraction of sp³-hybridized carbons (Fsp3) is 0.357. The van der Waals surface area contributed by atoms with Crippen molar-refractivity contribution >= 4 is 28.9 Å². The molecular formula is C14H18ClN5O. The van der Waals surface area contributed by atoms with Gasteiger partial charge in [-0.3, -0.25) is 9.48 Å². The monoisotopic (exact) mass is 307 g/mol. The van der Waals surface area contributed by atoms with Gasteiger partial charge in [-0.15, -0.1) is 0 Å². The highest BCUT2D eigenvalue weighted by atomic mass is 35.5. The molecule has 21 heavy (non-hydrogen) atoms. The number of aromatic nitrogens is 3. The average molecular weight is 308 g/mol. The van der Waals surface area contributed by atoms with Gasteiger partial charge in [0.25, 0.3) is 0 Å². The van der Waals surface area contributed by atoms with Gasteiger partial charge >= 0.3 is 0 Å². The Morgan fingerprint density at radius 1 is 1.43 bits per heavy atom. The van der Waals surface area contributed by atoms with Crippen LogP contribution in [0.4, 0.5) is 11.4 Å². The van der Waals surface area contributed by atoms with Crippen molar-refractivity contribution in [2.75, 3.05) is 24.3 Å². The number of hydrogen-bond donors (Lipinski definition) is 1. The van der Waals surface area contributed by atoms with Crippen LogP contribution in [-0.2, 0) is 11.3 Å². The Balaban J connectivity index is 1.83. The Hall–Kier alpha value is -2.08. The Morgan fingerprint density at radius 2 is 2.24 bits per heavy atom. The van der Waals surface area contributed by atoms with E-state index in [1.807, 2.05) is 31.1 Å². The van der Waals surface area contributed by atoms with Crippen molar-refractivity contribution in [3.63, 3.8) is 0 Å².